The van der Waals surface area contributed by atoms with Crippen LogP contribution in [0.5, 0.6) is 0 Å². The summed E-state index contributed by atoms with van der Waals surface area (Å²) >= 11 is 0.660. The molecular formula is C4H9OS. The van der Waals surface area contributed by atoms with Crippen LogP contribution in [0.15, 0.2) is 0 Å². The lowest BCUT2D eigenvalue weighted by molar-refractivity contribution is 0.525. The van der Waals surface area contributed by atoms with Crippen molar-refractivity contribution in [2.45, 2.75) is 13.8 Å². The molecule has 0 aliphatic heterocycles. The zero-order chi connectivity index (χ0) is 4.99. The minimum absolute atomic E-state index is 0.549. The second kappa shape index (κ2) is 3.50. The van der Waals surface area contributed by atoms with Crippen molar-refractivity contribution in [1.82, 2.24) is 0 Å². The molecule has 0 aliphatic rings. The van der Waals surface area contributed by atoms with Gasteiger partial charge in [0.15, 0.2) is 0 Å². The maximum Gasteiger partial charge on any atom is 0.0329 e. The third-order valence-corrected chi connectivity index (χ3v) is 1.20. The lowest BCUT2D eigenvalue weighted by Gasteiger charge is -1.92. The first-order valence-corrected chi connectivity index (χ1v) is 2.93. The van der Waals surface area contributed by atoms with Crippen LogP contribution in [0.2, 0.25) is 0 Å². The molecule has 37 valence electrons. The van der Waals surface area contributed by atoms with Crippen molar-refractivity contribution in [2.75, 3.05) is 5.75 Å². The van der Waals surface area contributed by atoms with Gasteiger partial charge < -0.3 is 0 Å². The first-order chi connectivity index (χ1) is 2.77. The van der Waals surface area contributed by atoms with E-state index in [2.05, 4.69) is 0 Å². The molecule has 0 saturated carbocycles. The Morgan fingerprint density at radius 3 is 2.17 bits per heavy atom. The van der Waals surface area contributed by atoms with Gasteiger partial charge in [-0.15, -0.1) is 0 Å². The summed E-state index contributed by atoms with van der Waals surface area (Å²) < 4.78 is 9.66. The third kappa shape index (κ3) is 4.31. The van der Waals surface area contributed by atoms with Crippen LogP contribution in [-0.2, 0) is 4.55 Å². The molecule has 0 N–H and O–H groups in total. The predicted molar refractivity (Wildman–Crippen MR) is 28.0 cm³/mol. The topological polar surface area (TPSA) is 19.9 Å². The smallest absolute Gasteiger partial charge is 0.0329 e. The Kier molecular flexibility index (Phi) is 3.68. The molecule has 2 heteroatoms. The number of rotatable bonds is 2. The zero-order valence-corrected chi connectivity index (χ0v) is 4.92. The lowest BCUT2D eigenvalue weighted by Crippen LogP contribution is -1.87. The van der Waals surface area contributed by atoms with Gasteiger partial charge >= 0.3 is 0 Å². The van der Waals surface area contributed by atoms with E-state index < -0.39 is 0 Å². The van der Waals surface area contributed by atoms with Gasteiger partial charge in [-0.25, -0.2) is 0 Å². The van der Waals surface area contributed by atoms with Crippen molar-refractivity contribution in [2.24, 2.45) is 5.92 Å². The molecule has 0 amide bonds. The summed E-state index contributed by atoms with van der Waals surface area (Å²) in [5, 5.41) is 0. The Morgan fingerprint density at radius 1 is 1.67 bits per heavy atom. The van der Waals surface area contributed by atoms with E-state index in [4.69, 9.17) is 0 Å². The van der Waals surface area contributed by atoms with Gasteiger partial charge in [-0.1, -0.05) is 13.8 Å². The minimum Gasteiger partial charge on any atom is -0.151 e. The molecule has 0 heterocycles. The van der Waals surface area contributed by atoms with Crippen LogP contribution in [0, 0.1) is 5.92 Å². The fraction of sp³-hybridized carbons (Fsp3) is 1.00. The van der Waals surface area contributed by atoms with E-state index >= 15 is 0 Å². The second-order valence-corrected chi connectivity index (χ2v) is 2.25. The lowest BCUT2D eigenvalue weighted by atomic mass is 10.3. The largest absolute Gasteiger partial charge is 0.151 e. The summed E-state index contributed by atoms with van der Waals surface area (Å²) in [6, 6.07) is 0. The SMILES string of the molecule is CC(C)CS[O]. The summed E-state index contributed by atoms with van der Waals surface area (Å²) in [5.41, 5.74) is 0. The second-order valence-electron chi connectivity index (χ2n) is 1.68. The molecule has 0 aliphatic carbocycles. The van der Waals surface area contributed by atoms with E-state index in [9.17, 15) is 4.55 Å². The summed E-state index contributed by atoms with van der Waals surface area (Å²) in [6.07, 6.45) is 0. The molecule has 0 aromatic rings. The van der Waals surface area contributed by atoms with Crippen LogP contribution in [0.4, 0.5) is 0 Å². The number of hydrogen-bond acceptors (Lipinski definition) is 1. The quantitative estimate of drug-likeness (QED) is 0.489. The Balaban J connectivity index is 2.63. The Labute approximate surface area is 43.0 Å². The van der Waals surface area contributed by atoms with Gasteiger partial charge in [-0.05, 0) is 5.92 Å². The predicted octanol–water partition coefficient (Wildman–Crippen LogP) is 1.72. The molecule has 0 bridgehead atoms. The van der Waals surface area contributed by atoms with Crippen LogP contribution in [0.1, 0.15) is 13.8 Å². The fourth-order valence-electron chi connectivity index (χ4n) is 0.136. The van der Waals surface area contributed by atoms with Gasteiger partial charge in [-0.3, -0.25) is 0 Å². The van der Waals surface area contributed by atoms with Gasteiger partial charge in [0.1, 0.15) is 0 Å². The fourth-order valence-corrected chi connectivity index (χ4v) is 0.408. The Bertz CT molecular complexity index is 28.7. The van der Waals surface area contributed by atoms with Gasteiger partial charge in [0.25, 0.3) is 0 Å². The van der Waals surface area contributed by atoms with E-state index in [1.807, 2.05) is 13.8 Å². The highest BCUT2D eigenvalue weighted by molar-refractivity contribution is 7.93. The van der Waals surface area contributed by atoms with Crippen LogP contribution < -0.4 is 0 Å². The summed E-state index contributed by atoms with van der Waals surface area (Å²) in [5.74, 6) is 1.28. The van der Waals surface area contributed by atoms with Crippen LogP contribution in [-0.4, -0.2) is 5.75 Å². The molecule has 0 aromatic carbocycles. The van der Waals surface area contributed by atoms with Crippen LogP contribution in [0.3, 0.4) is 0 Å². The van der Waals surface area contributed by atoms with Crippen molar-refractivity contribution in [3.05, 3.63) is 0 Å². The molecule has 1 radical (unpaired) electrons. The molecule has 6 heavy (non-hydrogen) atoms. The van der Waals surface area contributed by atoms with Gasteiger partial charge in [0.2, 0.25) is 0 Å². The minimum atomic E-state index is 0.549. The van der Waals surface area contributed by atoms with Gasteiger partial charge in [0.05, 0.1) is 0 Å². The zero-order valence-electron chi connectivity index (χ0n) is 4.10. The van der Waals surface area contributed by atoms with Crippen LogP contribution >= 0.6 is 12.0 Å². The molecule has 1 nitrogen and oxygen atoms in total. The molecule has 0 unspecified atom stereocenters. The third-order valence-electron chi connectivity index (χ3n) is 0.401. The summed E-state index contributed by atoms with van der Waals surface area (Å²) in [4.78, 5) is 0. The van der Waals surface area contributed by atoms with E-state index in [1.165, 1.54) is 0 Å². The van der Waals surface area contributed by atoms with Crippen molar-refractivity contribution >= 4 is 12.0 Å². The Morgan fingerprint density at radius 2 is 2.17 bits per heavy atom. The van der Waals surface area contributed by atoms with Gasteiger partial charge in [0, 0.05) is 17.8 Å². The average molecular weight is 105 g/mol. The molecule has 0 spiro atoms. The van der Waals surface area contributed by atoms with Gasteiger partial charge in [-0.2, -0.15) is 4.55 Å². The molecule has 0 saturated heterocycles. The normalized spacial score (nSPS) is 10.0. The Hall–Kier alpha value is 0.310. The summed E-state index contributed by atoms with van der Waals surface area (Å²) in [7, 11) is 0. The highest BCUT2D eigenvalue weighted by Crippen LogP contribution is 2.01. The average Bonchev–Trinajstić information content (AvgIpc) is 1.35. The van der Waals surface area contributed by atoms with E-state index in [1.54, 1.807) is 0 Å². The van der Waals surface area contributed by atoms with E-state index in [0.29, 0.717) is 18.0 Å². The maximum atomic E-state index is 9.66. The highest BCUT2D eigenvalue weighted by Gasteiger charge is 1.89. The van der Waals surface area contributed by atoms with E-state index in [0.717, 1.165) is 5.75 Å². The van der Waals surface area contributed by atoms with Crippen molar-refractivity contribution in [1.29, 1.82) is 0 Å². The standard InChI is InChI=1S/C4H9OS/c1-4(2)3-6-5/h4H,3H2,1-2H3. The molecule has 0 aromatic heterocycles. The summed E-state index contributed by atoms with van der Waals surface area (Å²) in [6.45, 7) is 4.07. The number of hydrogen-bond donors (Lipinski definition) is 0. The molecular weight excluding hydrogens is 96.1 g/mol. The molecule has 0 fully saturated rings. The van der Waals surface area contributed by atoms with Crippen molar-refractivity contribution in [3.8, 4) is 0 Å². The highest BCUT2D eigenvalue weighted by atomic mass is 32.2. The first-order valence-electron chi connectivity index (χ1n) is 2.02. The molecule has 0 atom stereocenters. The maximum absolute atomic E-state index is 9.66. The molecule has 0 rings (SSSR count). The van der Waals surface area contributed by atoms with Crippen LogP contribution in [0.25, 0.3) is 0 Å². The van der Waals surface area contributed by atoms with E-state index in [-0.39, 0.29) is 0 Å². The first kappa shape index (κ1) is 6.31. The van der Waals surface area contributed by atoms with Crippen molar-refractivity contribution < 1.29 is 4.55 Å². The van der Waals surface area contributed by atoms with Crippen molar-refractivity contribution in [3.63, 3.8) is 0 Å². The monoisotopic (exact) mass is 105 g/mol.